The molecule has 164 valence electrons. The maximum atomic E-state index is 5.45. The van der Waals surface area contributed by atoms with Crippen molar-refractivity contribution in [2.45, 2.75) is 59.1 Å². The Bertz CT molecular complexity index is 443. The summed E-state index contributed by atoms with van der Waals surface area (Å²) in [6, 6.07) is 8.83. The number of nitrogens with two attached hydrogens (primary N) is 2. The summed E-state index contributed by atoms with van der Waals surface area (Å²) in [5.74, 6) is 0.654. The molecule has 1 aromatic carbocycles. The first-order chi connectivity index (χ1) is 13.6. The molecule has 0 aliphatic carbocycles. The van der Waals surface area contributed by atoms with Gasteiger partial charge in [0, 0.05) is 39.8 Å². The van der Waals surface area contributed by atoms with Crippen molar-refractivity contribution < 1.29 is 4.74 Å². The van der Waals surface area contributed by atoms with Crippen LogP contribution in [0.4, 0.5) is 0 Å². The van der Waals surface area contributed by atoms with Crippen LogP contribution in [0.3, 0.4) is 0 Å². The van der Waals surface area contributed by atoms with Crippen molar-refractivity contribution in [3.63, 3.8) is 0 Å². The van der Waals surface area contributed by atoms with Gasteiger partial charge in [-0.2, -0.15) is 0 Å². The van der Waals surface area contributed by atoms with Gasteiger partial charge in [0.1, 0.15) is 0 Å². The summed E-state index contributed by atoms with van der Waals surface area (Å²) in [5, 5.41) is 12.4. The zero-order valence-corrected chi connectivity index (χ0v) is 18.4. The van der Waals surface area contributed by atoms with Gasteiger partial charge in [-0.1, -0.05) is 45.0 Å². The molecule has 7 nitrogen and oxygen atoms in total. The van der Waals surface area contributed by atoms with Crippen molar-refractivity contribution in [1.82, 2.24) is 21.3 Å². The molecule has 0 saturated carbocycles. The Morgan fingerprint density at radius 1 is 0.857 bits per heavy atom. The molecule has 8 N–H and O–H groups in total. The highest BCUT2D eigenvalue weighted by Crippen LogP contribution is 2.18. The van der Waals surface area contributed by atoms with Crippen LogP contribution >= 0.6 is 0 Å². The number of benzene rings is 1. The lowest BCUT2D eigenvalue weighted by atomic mass is 9.98. The van der Waals surface area contributed by atoms with Gasteiger partial charge < -0.3 is 26.8 Å². The third-order valence-corrected chi connectivity index (χ3v) is 4.54. The fraction of sp³-hybridized carbons (Fsp3) is 0.714. The maximum Gasteiger partial charge on any atom is 0.0594 e. The van der Waals surface area contributed by atoms with Crippen LogP contribution in [0.25, 0.3) is 0 Å². The molecule has 2 atom stereocenters. The van der Waals surface area contributed by atoms with Gasteiger partial charge in [-0.05, 0) is 36.8 Å². The van der Waals surface area contributed by atoms with E-state index in [2.05, 4.69) is 73.2 Å². The van der Waals surface area contributed by atoms with E-state index < -0.39 is 0 Å². The van der Waals surface area contributed by atoms with E-state index in [0.717, 1.165) is 39.5 Å². The molecular weight excluding hydrogens is 352 g/mol. The van der Waals surface area contributed by atoms with E-state index in [4.69, 9.17) is 16.2 Å². The first-order valence-corrected chi connectivity index (χ1v) is 10.5. The molecule has 0 radical (unpaired) electrons. The van der Waals surface area contributed by atoms with Gasteiger partial charge in [0.2, 0.25) is 0 Å². The van der Waals surface area contributed by atoms with E-state index in [1.165, 1.54) is 17.5 Å². The third-order valence-electron chi connectivity index (χ3n) is 4.54. The minimum absolute atomic E-state index is 0.370. The molecular formula is C21H44N6O. The fourth-order valence-electron chi connectivity index (χ4n) is 2.27. The Kier molecular flexibility index (Phi) is 18.5. The van der Waals surface area contributed by atoms with E-state index in [9.17, 15) is 0 Å². The van der Waals surface area contributed by atoms with Crippen LogP contribution in [0, 0.1) is 0 Å². The van der Waals surface area contributed by atoms with Crippen molar-refractivity contribution in [1.29, 1.82) is 0 Å². The average Bonchev–Trinajstić information content (AvgIpc) is 2.73. The molecule has 1 aromatic rings. The smallest absolute Gasteiger partial charge is 0.0594 e. The molecule has 7 heteroatoms. The fourth-order valence-corrected chi connectivity index (χ4v) is 2.27. The highest BCUT2D eigenvalue weighted by molar-refractivity contribution is 5.24. The normalized spacial score (nSPS) is 12.9. The lowest BCUT2D eigenvalue weighted by Gasteiger charge is -2.10. The topological polar surface area (TPSA) is 109 Å². The van der Waals surface area contributed by atoms with Gasteiger partial charge in [0.15, 0.2) is 0 Å². The predicted octanol–water partition coefficient (Wildman–Crippen LogP) is 1.61. The molecule has 0 heterocycles. The second-order valence-corrected chi connectivity index (χ2v) is 6.83. The lowest BCUT2D eigenvalue weighted by Crippen LogP contribution is -2.34. The molecule has 28 heavy (non-hydrogen) atoms. The number of rotatable bonds is 15. The summed E-state index contributed by atoms with van der Waals surface area (Å²) in [4.78, 5) is 0. The van der Waals surface area contributed by atoms with Crippen LogP contribution in [0.15, 0.2) is 24.3 Å². The van der Waals surface area contributed by atoms with Gasteiger partial charge in [0.05, 0.1) is 12.7 Å². The standard InChI is InChI=1S/C13H23N3.C8H21N3O/c1-3-11(2)13-6-4-12(5-7-13)8-15-10-16-9-14;1-3-8(2)12-5-4-10-7-11-6-9/h4-7,11,15-16H,3,8-10,14H2,1-2H3;8,10-11H,3-7,9H2,1-2H3. The molecule has 0 aliphatic rings. The Hall–Kier alpha value is -1.06. The van der Waals surface area contributed by atoms with E-state index in [1.54, 1.807) is 0 Å². The molecule has 2 unspecified atom stereocenters. The summed E-state index contributed by atoms with van der Waals surface area (Å²) < 4.78 is 5.45. The largest absolute Gasteiger partial charge is 0.377 e. The zero-order valence-electron chi connectivity index (χ0n) is 18.4. The Morgan fingerprint density at radius 2 is 1.46 bits per heavy atom. The number of hydrogen-bond acceptors (Lipinski definition) is 7. The van der Waals surface area contributed by atoms with Gasteiger partial charge in [-0.15, -0.1) is 0 Å². The van der Waals surface area contributed by atoms with Crippen LogP contribution in [0.2, 0.25) is 0 Å². The van der Waals surface area contributed by atoms with Crippen LogP contribution in [-0.4, -0.2) is 45.9 Å². The van der Waals surface area contributed by atoms with E-state index >= 15 is 0 Å². The SMILES string of the molecule is CCC(C)OCCNCNCN.CCC(C)c1ccc(CNCNCN)cc1. The summed E-state index contributed by atoms with van der Waals surface area (Å²) in [6.45, 7) is 13.7. The maximum absolute atomic E-state index is 5.45. The molecule has 0 aliphatic heterocycles. The molecule has 0 amide bonds. The quantitative estimate of drug-likeness (QED) is 0.197. The summed E-state index contributed by atoms with van der Waals surface area (Å²) in [7, 11) is 0. The summed E-state index contributed by atoms with van der Waals surface area (Å²) in [6.07, 6.45) is 2.63. The van der Waals surface area contributed by atoms with Crippen molar-refractivity contribution in [3.05, 3.63) is 35.4 Å². The zero-order chi connectivity index (χ0) is 21.0. The minimum atomic E-state index is 0.370. The van der Waals surface area contributed by atoms with Crippen LogP contribution in [-0.2, 0) is 11.3 Å². The van der Waals surface area contributed by atoms with E-state index in [-0.39, 0.29) is 0 Å². The molecule has 0 bridgehead atoms. The number of ether oxygens (including phenoxy) is 1. The van der Waals surface area contributed by atoms with Gasteiger partial charge in [-0.25, -0.2) is 0 Å². The Labute approximate surface area is 172 Å². The average molecular weight is 397 g/mol. The first-order valence-electron chi connectivity index (χ1n) is 10.5. The molecule has 1 rings (SSSR count). The van der Waals surface area contributed by atoms with Gasteiger partial charge in [-0.3, -0.25) is 10.6 Å². The van der Waals surface area contributed by atoms with Crippen LogP contribution in [0.5, 0.6) is 0 Å². The molecule has 0 fully saturated rings. The van der Waals surface area contributed by atoms with E-state index in [0.29, 0.717) is 25.4 Å². The first kappa shape index (κ1) is 26.9. The number of hydrogen-bond donors (Lipinski definition) is 6. The van der Waals surface area contributed by atoms with Crippen LogP contribution < -0.4 is 32.7 Å². The molecule has 0 aromatic heterocycles. The van der Waals surface area contributed by atoms with Crippen molar-refractivity contribution in [2.24, 2.45) is 11.5 Å². The summed E-state index contributed by atoms with van der Waals surface area (Å²) >= 11 is 0. The predicted molar refractivity (Wildman–Crippen MR) is 120 cm³/mol. The van der Waals surface area contributed by atoms with Gasteiger partial charge in [0.25, 0.3) is 0 Å². The minimum Gasteiger partial charge on any atom is -0.377 e. The van der Waals surface area contributed by atoms with Gasteiger partial charge >= 0.3 is 0 Å². The highest BCUT2D eigenvalue weighted by atomic mass is 16.5. The molecule has 0 spiro atoms. The van der Waals surface area contributed by atoms with Crippen molar-refractivity contribution in [2.75, 3.05) is 39.8 Å². The molecule has 0 saturated heterocycles. The van der Waals surface area contributed by atoms with Crippen LogP contribution in [0.1, 0.15) is 57.6 Å². The Balaban J connectivity index is 0.000000546. The highest BCUT2D eigenvalue weighted by Gasteiger charge is 2.01. The van der Waals surface area contributed by atoms with E-state index in [1.807, 2.05) is 0 Å². The third kappa shape index (κ3) is 14.9. The monoisotopic (exact) mass is 396 g/mol. The second kappa shape index (κ2) is 19.3. The number of nitrogens with one attached hydrogen (secondary N) is 4. The van der Waals surface area contributed by atoms with Crippen molar-refractivity contribution in [3.8, 4) is 0 Å². The summed E-state index contributed by atoms with van der Waals surface area (Å²) in [5.41, 5.74) is 13.3. The second-order valence-electron chi connectivity index (χ2n) is 6.83. The lowest BCUT2D eigenvalue weighted by molar-refractivity contribution is 0.0655. The Morgan fingerprint density at radius 3 is 2.00 bits per heavy atom. The van der Waals surface area contributed by atoms with Crippen molar-refractivity contribution >= 4 is 0 Å².